The first-order chi connectivity index (χ1) is 16.0. The number of benzene rings is 1. The third-order valence-electron chi connectivity index (χ3n) is 5.91. The highest BCUT2D eigenvalue weighted by Crippen LogP contribution is 2.38. The molecule has 0 bridgehead atoms. The topological polar surface area (TPSA) is 118 Å². The van der Waals surface area contributed by atoms with Gasteiger partial charge in [-0.1, -0.05) is 19.1 Å². The number of anilines is 2. The van der Waals surface area contributed by atoms with Gasteiger partial charge in [0.05, 0.1) is 11.3 Å². The molecule has 3 heterocycles. The molecular weight excluding hydrogens is 457 g/mol. The minimum Gasteiger partial charge on any atom is -0.383 e. The van der Waals surface area contributed by atoms with Crippen molar-refractivity contribution in [2.45, 2.75) is 37.6 Å². The summed E-state index contributed by atoms with van der Waals surface area (Å²) in [5.74, 6) is -0.903. The van der Waals surface area contributed by atoms with Crippen molar-refractivity contribution in [2.24, 2.45) is 5.92 Å². The summed E-state index contributed by atoms with van der Waals surface area (Å²) in [5, 5.41) is 0. The third-order valence-corrected chi connectivity index (χ3v) is 7.29. The summed E-state index contributed by atoms with van der Waals surface area (Å²) in [6.07, 6.45) is 2.21. The van der Waals surface area contributed by atoms with Gasteiger partial charge in [-0.3, -0.25) is 4.79 Å². The van der Waals surface area contributed by atoms with E-state index in [1.54, 1.807) is 18.2 Å². The maximum absolute atomic E-state index is 14.5. The Balaban J connectivity index is 1.80. The van der Waals surface area contributed by atoms with Gasteiger partial charge in [0, 0.05) is 23.8 Å². The largest absolute Gasteiger partial charge is 0.383 e. The van der Waals surface area contributed by atoms with Crippen LogP contribution in [0.15, 0.2) is 59.6 Å². The van der Waals surface area contributed by atoms with Gasteiger partial charge in [-0.15, -0.1) is 0 Å². The van der Waals surface area contributed by atoms with Crippen molar-refractivity contribution in [1.82, 2.24) is 14.7 Å². The number of hydrogen-bond donors (Lipinski definition) is 2. The van der Waals surface area contributed by atoms with Crippen molar-refractivity contribution < 1.29 is 17.6 Å². The van der Waals surface area contributed by atoms with E-state index in [0.29, 0.717) is 24.0 Å². The van der Waals surface area contributed by atoms with E-state index in [4.69, 9.17) is 5.73 Å². The molecule has 8 nitrogen and oxygen atoms in total. The van der Waals surface area contributed by atoms with E-state index in [0.717, 1.165) is 6.42 Å². The molecule has 3 N–H and O–H groups in total. The van der Waals surface area contributed by atoms with Gasteiger partial charge >= 0.3 is 0 Å². The number of nitrogen functional groups attached to an aromatic ring is 1. The van der Waals surface area contributed by atoms with Crippen molar-refractivity contribution in [2.75, 3.05) is 17.2 Å². The quantitative estimate of drug-likeness (QED) is 0.569. The van der Waals surface area contributed by atoms with Gasteiger partial charge < -0.3 is 10.6 Å². The molecule has 1 aromatic carbocycles. The maximum Gasteiger partial charge on any atom is 0.268 e. The van der Waals surface area contributed by atoms with Crippen LogP contribution in [0.3, 0.4) is 0 Å². The molecule has 34 heavy (non-hydrogen) atoms. The van der Waals surface area contributed by atoms with E-state index in [1.165, 1.54) is 36.5 Å². The molecule has 0 spiro atoms. The van der Waals surface area contributed by atoms with Crippen LogP contribution in [0.2, 0.25) is 0 Å². The van der Waals surface area contributed by atoms with Gasteiger partial charge in [0.2, 0.25) is 0 Å². The average Bonchev–Trinajstić information content (AvgIpc) is 3.05. The highest BCUT2D eigenvalue weighted by atomic mass is 32.2. The van der Waals surface area contributed by atoms with Crippen LogP contribution in [0, 0.1) is 11.7 Å². The van der Waals surface area contributed by atoms with Crippen LogP contribution >= 0.6 is 0 Å². The molecule has 1 amide bonds. The average molecular weight is 484 g/mol. The number of aromatic nitrogens is 2. The lowest BCUT2D eigenvalue weighted by Gasteiger charge is -2.34. The van der Waals surface area contributed by atoms with Crippen molar-refractivity contribution >= 4 is 27.6 Å². The summed E-state index contributed by atoms with van der Waals surface area (Å²) in [4.78, 5) is 23.3. The predicted octanol–water partition coefficient (Wildman–Crippen LogP) is 3.61. The maximum atomic E-state index is 14.5. The molecule has 2 aromatic heterocycles. The number of pyridine rings is 2. The number of rotatable bonds is 5. The van der Waals surface area contributed by atoms with Crippen molar-refractivity contribution in [3.05, 3.63) is 66.1 Å². The molecule has 0 aliphatic carbocycles. The number of nitrogens with two attached hydrogens (primary N) is 1. The second kappa shape index (κ2) is 8.68. The number of carbonyl (C=O) groups excluding carboxylic acids is 1. The Morgan fingerprint density at radius 3 is 2.56 bits per heavy atom. The fourth-order valence-corrected chi connectivity index (χ4v) is 5.52. The minimum absolute atomic E-state index is 0.0632. The summed E-state index contributed by atoms with van der Waals surface area (Å²) in [6, 6.07) is 11.9. The van der Waals surface area contributed by atoms with E-state index in [2.05, 4.69) is 21.6 Å². The first-order valence-electron chi connectivity index (χ1n) is 10.8. The van der Waals surface area contributed by atoms with Gasteiger partial charge in [0.25, 0.3) is 15.9 Å². The second-order valence-corrected chi connectivity index (χ2v) is 10.8. The molecule has 10 heteroatoms. The lowest BCUT2D eigenvalue weighted by atomic mass is 9.97. The summed E-state index contributed by atoms with van der Waals surface area (Å²) < 4.78 is 42.2. The van der Waals surface area contributed by atoms with Gasteiger partial charge in [0.1, 0.15) is 22.3 Å². The molecule has 1 aliphatic heterocycles. The Morgan fingerprint density at radius 1 is 1.18 bits per heavy atom. The zero-order valence-corrected chi connectivity index (χ0v) is 19.9. The van der Waals surface area contributed by atoms with E-state index >= 15 is 0 Å². The van der Waals surface area contributed by atoms with Crippen LogP contribution in [0.1, 0.15) is 37.6 Å². The fraction of sp³-hybridized carbons (Fsp3) is 0.292. The third kappa shape index (κ3) is 4.45. The van der Waals surface area contributed by atoms with Crippen molar-refractivity contribution in [1.29, 1.82) is 0 Å². The Bertz CT molecular complexity index is 1360. The summed E-state index contributed by atoms with van der Waals surface area (Å²) in [6.45, 7) is 6.77. The zero-order chi connectivity index (χ0) is 24.7. The van der Waals surface area contributed by atoms with Crippen molar-refractivity contribution in [3.63, 3.8) is 0 Å². The van der Waals surface area contributed by atoms with Gasteiger partial charge in [-0.25, -0.2) is 27.5 Å². The van der Waals surface area contributed by atoms with Gasteiger partial charge in [-0.05, 0) is 62.6 Å². The molecule has 178 valence electrons. The number of amides is 1. The molecule has 0 saturated carbocycles. The molecular formula is C24H26FN5O3S. The Morgan fingerprint density at radius 2 is 1.91 bits per heavy atom. The first-order valence-corrected chi connectivity index (χ1v) is 12.3. The summed E-state index contributed by atoms with van der Waals surface area (Å²) in [7, 11) is -4.28. The van der Waals surface area contributed by atoms with E-state index in [1.807, 2.05) is 18.7 Å². The molecule has 3 aromatic rings. The molecule has 0 unspecified atom stereocenters. The predicted molar refractivity (Wildman–Crippen MR) is 128 cm³/mol. The van der Waals surface area contributed by atoms with Crippen LogP contribution in [0.25, 0.3) is 11.3 Å². The van der Waals surface area contributed by atoms with E-state index in [9.17, 15) is 17.6 Å². The Labute approximate surface area is 198 Å². The second-order valence-electron chi connectivity index (χ2n) is 9.10. The first kappa shape index (κ1) is 23.6. The highest BCUT2D eigenvalue weighted by molar-refractivity contribution is 7.90. The Hall–Kier alpha value is -3.53. The minimum atomic E-state index is -4.28. The summed E-state index contributed by atoms with van der Waals surface area (Å²) >= 11 is 0. The normalized spacial score (nSPS) is 17.5. The SMILES string of the molecule is C[C@@H]1CN(c2nc(-c3ccccc3F)ccc2C(=O)NS(=O)(=O)c2cccnc2N)C(C)(C)C1. The van der Waals surface area contributed by atoms with Gasteiger partial charge in [-0.2, -0.15) is 0 Å². The molecule has 1 saturated heterocycles. The molecule has 1 fully saturated rings. The fourth-order valence-electron chi connectivity index (χ4n) is 4.47. The molecule has 1 aliphatic rings. The van der Waals surface area contributed by atoms with E-state index < -0.39 is 21.7 Å². The molecule has 1 atom stereocenters. The van der Waals surface area contributed by atoms with Gasteiger partial charge in [0.15, 0.2) is 0 Å². The van der Waals surface area contributed by atoms with Crippen LogP contribution < -0.4 is 15.4 Å². The number of nitrogens with one attached hydrogen (secondary N) is 1. The number of nitrogens with zero attached hydrogens (tertiary/aromatic N) is 3. The van der Waals surface area contributed by atoms with E-state index in [-0.39, 0.29) is 27.4 Å². The molecule has 4 rings (SSSR count). The zero-order valence-electron chi connectivity index (χ0n) is 19.1. The summed E-state index contributed by atoms with van der Waals surface area (Å²) in [5.41, 5.74) is 6.06. The lowest BCUT2D eigenvalue weighted by molar-refractivity contribution is 0.0981. The molecule has 0 radical (unpaired) electrons. The van der Waals surface area contributed by atoms with Crippen LogP contribution in [-0.2, 0) is 10.0 Å². The standard InChI is InChI=1S/C24H26FN5O3S/c1-15-13-24(2,3)30(14-15)22-17(10-11-19(28-22)16-7-4-5-8-18(16)25)23(31)29-34(32,33)20-9-6-12-27-21(20)26/h4-12,15H,13-14H2,1-3H3,(H2,26,27)(H,29,31)/t15-/m0/s1. The van der Waals surface area contributed by atoms with Crippen LogP contribution in [0.4, 0.5) is 16.0 Å². The van der Waals surface area contributed by atoms with Crippen LogP contribution in [-0.4, -0.2) is 36.4 Å². The number of hydrogen-bond acceptors (Lipinski definition) is 7. The lowest BCUT2D eigenvalue weighted by Crippen LogP contribution is -2.41. The number of sulfonamides is 1. The monoisotopic (exact) mass is 483 g/mol. The number of halogens is 1. The smallest absolute Gasteiger partial charge is 0.268 e. The highest BCUT2D eigenvalue weighted by Gasteiger charge is 2.39. The van der Waals surface area contributed by atoms with Crippen molar-refractivity contribution in [3.8, 4) is 11.3 Å². The number of carbonyl (C=O) groups is 1. The Kier molecular flexibility index (Phi) is 6.03. The van der Waals surface area contributed by atoms with Crippen LogP contribution in [0.5, 0.6) is 0 Å².